The van der Waals surface area contributed by atoms with Gasteiger partial charge in [-0.05, 0) is 38.3 Å². The first kappa shape index (κ1) is 20.7. The van der Waals surface area contributed by atoms with Crippen molar-refractivity contribution < 1.29 is 27.4 Å². The zero-order valence-corrected chi connectivity index (χ0v) is 17.4. The van der Waals surface area contributed by atoms with Crippen molar-refractivity contribution in [1.29, 1.82) is 0 Å². The van der Waals surface area contributed by atoms with E-state index in [1.54, 1.807) is 4.40 Å². The average Bonchev–Trinajstić information content (AvgIpc) is 3.17. The molecule has 1 amide bonds. The first-order valence-electron chi connectivity index (χ1n) is 10.0. The van der Waals surface area contributed by atoms with Crippen LogP contribution >= 0.6 is 0 Å². The van der Waals surface area contributed by atoms with Crippen LogP contribution in [-0.4, -0.2) is 44.6 Å². The second-order valence-electron chi connectivity index (χ2n) is 8.53. The Kier molecular flexibility index (Phi) is 4.45. The molecule has 0 spiro atoms. The lowest BCUT2D eigenvalue weighted by molar-refractivity contribution is -0.182. The third-order valence-corrected chi connectivity index (χ3v) is 6.11. The summed E-state index contributed by atoms with van der Waals surface area (Å²) in [6.45, 7) is 2.75. The van der Waals surface area contributed by atoms with Crippen molar-refractivity contribution in [2.45, 2.75) is 43.4 Å². The molecule has 2 aliphatic heterocycles. The molecule has 8 nitrogen and oxygen atoms in total. The highest BCUT2D eigenvalue weighted by atomic mass is 19.4. The number of amides is 1. The van der Waals surface area contributed by atoms with Crippen LogP contribution in [0.3, 0.4) is 0 Å². The van der Waals surface area contributed by atoms with E-state index in [2.05, 4.69) is 22.2 Å². The smallest absolute Gasteiger partial charge is 0.433 e. The molecule has 168 valence electrons. The van der Waals surface area contributed by atoms with Crippen LogP contribution in [0.25, 0.3) is 5.65 Å². The van der Waals surface area contributed by atoms with E-state index in [1.807, 2.05) is 6.20 Å². The number of alkyl halides is 3. The summed E-state index contributed by atoms with van der Waals surface area (Å²) < 4.78 is 51.5. The van der Waals surface area contributed by atoms with E-state index < -0.39 is 17.8 Å². The molecule has 0 aromatic carbocycles. The lowest BCUT2D eigenvalue weighted by Gasteiger charge is -2.58. The third-order valence-electron chi connectivity index (χ3n) is 6.11. The lowest BCUT2D eigenvalue weighted by atomic mass is 9.55. The van der Waals surface area contributed by atoms with Crippen LogP contribution in [0.15, 0.2) is 30.6 Å². The SMILES string of the molecule is COc1nc(C(=O)Nc2cccc(C(F)(F)F)n2)cn2cc(C34CCOC(C)(C3)C4)nc12. The fraction of sp³-hybridized carbons (Fsp3) is 0.429. The monoisotopic (exact) mass is 447 g/mol. The molecule has 3 aromatic heterocycles. The van der Waals surface area contributed by atoms with Gasteiger partial charge in [-0.2, -0.15) is 13.2 Å². The molecule has 6 rings (SSSR count). The molecule has 1 N–H and O–H groups in total. The molecule has 3 fully saturated rings. The molecule has 0 unspecified atom stereocenters. The van der Waals surface area contributed by atoms with Crippen LogP contribution < -0.4 is 10.1 Å². The van der Waals surface area contributed by atoms with Gasteiger partial charge >= 0.3 is 6.18 Å². The number of imidazole rings is 1. The standard InChI is InChI=1S/C21H20F3N5O3/c1-19-10-20(11-19,6-7-32-19)14-9-29-8-12(25-18(31-2)16(29)27-14)17(30)28-15-5-3-4-13(26-15)21(22,23)24/h3-5,8-9H,6-7,10-11H2,1-2H3,(H,26,28,30). The van der Waals surface area contributed by atoms with Gasteiger partial charge in [0.05, 0.1) is 18.4 Å². The van der Waals surface area contributed by atoms with Gasteiger partial charge in [-0.3, -0.25) is 9.20 Å². The summed E-state index contributed by atoms with van der Waals surface area (Å²) in [4.78, 5) is 25.1. The molecule has 0 radical (unpaired) electrons. The average molecular weight is 447 g/mol. The number of carbonyl (C=O) groups excluding carboxylic acids is 1. The number of carbonyl (C=O) groups is 1. The molecule has 2 saturated heterocycles. The first-order chi connectivity index (χ1) is 15.1. The molecular weight excluding hydrogens is 427 g/mol. The van der Waals surface area contributed by atoms with Crippen molar-refractivity contribution in [2.24, 2.45) is 0 Å². The van der Waals surface area contributed by atoms with Crippen LogP contribution in [0, 0.1) is 0 Å². The quantitative estimate of drug-likeness (QED) is 0.657. The fourth-order valence-electron chi connectivity index (χ4n) is 4.78. The maximum atomic E-state index is 12.9. The van der Waals surface area contributed by atoms with Gasteiger partial charge < -0.3 is 14.8 Å². The van der Waals surface area contributed by atoms with E-state index >= 15 is 0 Å². The number of nitrogens with zero attached hydrogens (tertiary/aromatic N) is 4. The van der Waals surface area contributed by atoms with Gasteiger partial charge in [-0.1, -0.05) is 6.07 Å². The molecule has 1 aliphatic carbocycles. The van der Waals surface area contributed by atoms with E-state index in [9.17, 15) is 18.0 Å². The molecule has 2 bridgehead atoms. The summed E-state index contributed by atoms with van der Waals surface area (Å²) in [5, 5.41) is 2.36. The summed E-state index contributed by atoms with van der Waals surface area (Å²) in [6, 6.07) is 3.28. The molecule has 1 saturated carbocycles. The second-order valence-corrected chi connectivity index (χ2v) is 8.53. The van der Waals surface area contributed by atoms with Crippen molar-refractivity contribution >= 4 is 17.4 Å². The summed E-state index contributed by atoms with van der Waals surface area (Å²) in [7, 11) is 1.42. The Bertz CT molecular complexity index is 1220. The largest absolute Gasteiger partial charge is 0.478 e. The molecule has 11 heteroatoms. The van der Waals surface area contributed by atoms with E-state index in [-0.39, 0.29) is 28.4 Å². The van der Waals surface area contributed by atoms with Crippen molar-refractivity contribution in [3.8, 4) is 5.88 Å². The van der Waals surface area contributed by atoms with Crippen LogP contribution in [0.4, 0.5) is 19.0 Å². The topological polar surface area (TPSA) is 90.6 Å². The van der Waals surface area contributed by atoms with Gasteiger partial charge in [0.2, 0.25) is 5.65 Å². The molecule has 3 aliphatic rings. The molecule has 32 heavy (non-hydrogen) atoms. The molecule has 5 heterocycles. The Morgan fingerprint density at radius 3 is 2.69 bits per heavy atom. The number of methoxy groups -OCH3 is 1. The summed E-state index contributed by atoms with van der Waals surface area (Å²) in [5.41, 5.74) is 0.00809. The number of ether oxygens (including phenoxy) is 2. The predicted molar refractivity (Wildman–Crippen MR) is 107 cm³/mol. The van der Waals surface area contributed by atoms with Crippen LogP contribution in [0.5, 0.6) is 5.88 Å². The lowest BCUT2D eigenvalue weighted by Crippen LogP contribution is -2.59. The summed E-state index contributed by atoms with van der Waals surface area (Å²) in [5.74, 6) is -0.800. The predicted octanol–water partition coefficient (Wildman–Crippen LogP) is 3.61. The van der Waals surface area contributed by atoms with Gasteiger partial charge in [0, 0.05) is 24.4 Å². The maximum Gasteiger partial charge on any atom is 0.433 e. The van der Waals surface area contributed by atoms with Crippen LogP contribution in [0.2, 0.25) is 0 Å². The van der Waals surface area contributed by atoms with E-state index in [4.69, 9.17) is 14.5 Å². The summed E-state index contributed by atoms with van der Waals surface area (Å²) in [6.07, 6.45) is 1.31. The van der Waals surface area contributed by atoms with Crippen molar-refractivity contribution in [1.82, 2.24) is 19.4 Å². The minimum absolute atomic E-state index is 0.0413. The molecule has 0 atom stereocenters. The minimum Gasteiger partial charge on any atom is -0.478 e. The number of aromatic nitrogens is 4. The van der Waals surface area contributed by atoms with Crippen LogP contribution in [-0.2, 0) is 16.3 Å². The number of anilines is 1. The summed E-state index contributed by atoms with van der Waals surface area (Å²) >= 11 is 0. The Morgan fingerprint density at radius 2 is 2.00 bits per heavy atom. The first-order valence-corrected chi connectivity index (χ1v) is 10.0. The number of hydrogen-bond acceptors (Lipinski definition) is 6. The van der Waals surface area contributed by atoms with E-state index in [0.29, 0.717) is 12.3 Å². The number of halogens is 3. The van der Waals surface area contributed by atoms with Gasteiger partial charge in [-0.25, -0.2) is 15.0 Å². The molecule has 3 aromatic rings. The Hall–Kier alpha value is -3.21. The van der Waals surface area contributed by atoms with Gasteiger partial charge in [0.15, 0.2) is 0 Å². The number of rotatable bonds is 4. The zero-order chi connectivity index (χ0) is 22.7. The minimum atomic E-state index is -4.62. The Morgan fingerprint density at radius 1 is 1.22 bits per heavy atom. The zero-order valence-electron chi connectivity index (χ0n) is 17.4. The highest BCUT2D eigenvalue weighted by Crippen LogP contribution is 2.57. The van der Waals surface area contributed by atoms with Crippen LogP contribution in [0.1, 0.15) is 48.1 Å². The van der Waals surface area contributed by atoms with Gasteiger partial charge in [0.1, 0.15) is 17.2 Å². The van der Waals surface area contributed by atoms with E-state index in [1.165, 1.54) is 25.4 Å². The fourth-order valence-corrected chi connectivity index (χ4v) is 4.78. The normalized spacial score (nSPS) is 24.8. The Labute approximate surface area is 180 Å². The van der Waals surface area contributed by atoms with Crippen molar-refractivity contribution in [3.05, 3.63) is 47.7 Å². The highest BCUT2D eigenvalue weighted by Gasteiger charge is 2.57. The maximum absolute atomic E-state index is 12.9. The molecular formula is C21H20F3N5O3. The third kappa shape index (κ3) is 3.36. The highest BCUT2D eigenvalue weighted by molar-refractivity contribution is 6.02. The second kappa shape index (κ2) is 6.89. The number of hydrogen-bond donors (Lipinski definition) is 1. The number of fused-ring (bicyclic) bond motifs is 3. The van der Waals surface area contributed by atoms with Crippen molar-refractivity contribution in [3.63, 3.8) is 0 Å². The Balaban J connectivity index is 1.45. The number of pyridine rings is 1. The van der Waals surface area contributed by atoms with E-state index in [0.717, 1.165) is 31.0 Å². The van der Waals surface area contributed by atoms with Gasteiger partial charge in [0.25, 0.3) is 11.8 Å². The van der Waals surface area contributed by atoms with Gasteiger partial charge in [-0.15, -0.1) is 0 Å². The number of nitrogens with one attached hydrogen (secondary N) is 1. The van der Waals surface area contributed by atoms with Crippen molar-refractivity contribution in [2.75, 3.05) is 19.0 Å².